The molecule has 0 saturated carbocycles. The third-order valence-corrected chi connectivity index (χ3v) is 7.27. The van der Waals surface area contributed by atoms with Gasteiger partial charge in [0.25, 0.3) is 5.91 Å². The monoisotopic (exact) mass is 485 g/mol. The number of benzene rings is 1. The maximum atomic E-state index is 13.1. The molecule has 1 amide bonds. The molecule has 2 rings (SSSR count). The van der Waals surface area contributed by atoms with E-state index in [0.717, 1.165) is 62.4 Å². The maximum absolute atomic E-state index is 13.1. The fraction of sp³-hybridized carbons (Fsp3) is 0.621. The van der Waals surface area contributed by atoms with Crippen LogP contribution in [0.15, 0.2) is 30.3 Å². The minimum Gasteiger partial charge on any atom is -0.491 e. The first-order valence-corrected chi connectivity index (χ1v) is 13.4. The highest BCUT2D eigenvalue weighted by Gasteiger charge is 2.35. The van der Waals surface area contributed by atoms with Gasteiger partial charge in [0.2, 0.25) is 0 Å². The minimum atomic E-state index is -0.505. The van der Waals surface area contributed by atoms with E-state index in [0.29, 0.717) is 6.54 Å². The Morgan fingerprint density at radius 3 is 2.34 bits per heavy atom. The van der Waals surface area contributed by atoms with Crippen molar-refractivity contribution in [3.8, 4) is 5.75 Å². The molecule has 0 aliphatic rings. The van der Waals surface area contributed by atoms with Crippen molar-refractivity contribution >= 4 is 5.91 Å². The molecular weight excluding hydrogens is 438 g/mol. The number of aromatic nitrogens is 1. The molecule has 2 N–H and O–H groups in total. The molecule has 1 aromatic heterocycles. The lowest BCUT2D eigenvalue weighted by molar-refractivity contribution is 0.0942. The van der Waals surface area contributed by atoms with E-state index >= 15 is 0 Å². The second-order valence-corrected chi connectivity index (χ2v) is 9.41. The Bertz CT molecular complexity index is 927. The number of carbonyl (C=O) groups excluding carboxylic acids is 1. The Labute approximate surface area is 212 Å². The molecule has 196 valence electrons. The molecule has 6 nitrogen and oxygen atoms in total. The summed E-state index contributed by atoms with van der Waals surface area (Å²) in [6.45, 7) is 19.4. The summed E-state index contributed by atoms with van der Waals surface area (Å²) in [7, 11) is 0. The Hall–Kier alpha value is -2.31. The summed E-state index contributed by atoms with van der Waals surface area (Å²) in [5.41, 5.74) is 3.98. The van der Waals surface area contributed by atoms with Gasteiger partial charge in [-0.15, -0.1) is 0 Å². The van der Waals surface area contributed by atoms with E-state index in [1.807, 2.05) is 19.1 Å². The van der Waals surface area contributed by atoms with Crippen molar-refractivity contribution in [1.82, 2.24) is 14.8 Å². The van der Waals surface area contributed by atoms with Gasteiger partial charge >= 0.3 is 0 Å². The topological polar surface area (TPSA) is 66.7 Å². The van der Waals surface area contributed by atoms with Gasteiger partial charge in [0.1, 0.15) is 18.1 Å². The summed E-state index contributed by atoms with van der Waals surface area (Å²) in [4.78, 5) is 15.5. The zero-order valence-corrected chi connectivity index (χ0v) is 23.0. The number of rotatable bonds is 15. The van der Waals surface area contributed by atoms with E-state index in [2.05, 4.69) is 67.6 Å². The summed E-state index contributed by atoms with van der Waals surface area (Å²) < 4.78 is 7.96. The van der Waals surface area contributed by atoms with Crippen LogP contribution in [0.1, 0.15) is 88.1 Å². The molecule has 0 saturated heterocycles. The quantitative estimate of drug-likeness (QED) is 0.343. The zero-order chi connectivity index (χ0) is 26.0. The van der Waals surface area contributed by atoms with Crippen LogP contribution in [0, 0.1) is 6.92 Å². The summed E-state index contributed by atoms with van der Waals surface area (Å²) in [5.74, 6) is 0.795. The zero-order valence-electron chi connectivity index (χ0n) is 23.0. The van der Waals surface area contributed by atoms with E-state index < -0.39 is 6.10 Å². The number of hydrogen-bond donors (Lipinski definition) is 2. The number of nitrogens with one attached hydrogen (secondary N) is 1. The molecule has 1 heterocycles. The van der Waals surface area contributed by atoms with Gasteiger partial charge in [0.15, 0.2) is 0 Å². The summed E-state index contributed by atoms with van der Waals surface area (Å²) in [6.07, 6.45) is 2.29. The van der Waals surface area contributed by atoms with Crippen LogP contribution in [0.4, 0.5) is 0 Å². The van der Waals surface area contributed by atoms with Gasteiger partial charge in [0.05, 0.1) is 6.10 Å². The lowest BCUT2D eigenvalue weighted by Gasteiger charge is -2.34. The van der Waals surface area contributed by atoms with Crippen LogP contribution >= 0.6 is 0 Å². The number of hydrogen-bond acceptors (Lipinski definition) is 4. The average Bonchev–Trinajstić information content (AvgIpc) is 3.29. The van der Waals surface area contributed by atoms with Crippen LogP contribution in [0.25, 0.3) is 0 Å². The van der Waals surface area contributed by atoms with Crippen LogP contribution in [0.2, 0.25) is 0 Å². The van der Waals surface area contributed by atoms with Crippen molar-refractivity contribution in [2.75, 3.05) is 32.8 Å². The van der Waals surface area contributed by atoms with Crippen LogP contribution in [-0.2, 0) is 12.0 Å². The fourth-order valence-electron chi connectivity index (χ4n) is 5.05. The predicted octanol–water partition coefficient (Wildman–Crippen LogP) is 5.14. The number of nitrogens with zero attached hydrogens (tertiary/aromatic N) is 2. The highest BCUT2D eigenvalue weighted by Crippen LogP contribution is 2.41. The third-order valence-electron chi connectivity index (χ3n) is 7.27. The van der Waals surface area contributed by atoms with Crippen molar-refractivity contribution in [2.45, 2.75) is 85.8 Å². The summed E-state index contributed by atoms with van der Waals surface area (Å²) in [5, 5.41) is 12.7. The largest absolute Gasteiger partial charge is 0.491 e. The van der Waals surface area contributed by atoms with Crippen molar-refractivity contribution < 1.29 is 14.6 Å². The van der Waals surface area contributed by atoms with Crippen LogP contribution in [0.5, 0.6) is 5.75 Å². The number of aryl methyl sites for hydroxylation is 1. The van der Waals surface area contributed by atoms with E-state index in [1.54, 1.807) is 6.92 Å². The Balaban J connectivity index is 2.30. The van der Waals surface area contributed by atoms with Gasteiger partial charge in [-0.1, -0.05) is 39.8 Å². The van der Waals surface area contributed by atoms with Crippen molar-refractivity contribution in [3.05, 3.63) is 52.8 Å². The van der Waals surface area contributed by atoms with Crippen molar-refractivity contribution in [1.29, 1.82) is 0 Å². The molecule has 0 aliphatic heterocycles. The molecule has 0 radical (unpaired) electrons. The molecular formula is C29H47N3O3. The number of amides is 1. The lowest BCUT2D eigenvalue weighted by atomic mass is 9.72. The van der Waals surface area contributed by atoms with E-state index in [9.17, 15) is 9.90 Å². The van der Waals surface area contributed by atoms with Crippen LogP contribution in [-0.4, -0.2) is 59.4 Å². The van der Waals surface area contributed by atoms with Crippen LogP contribution in [0.3, 0.4) is 0 Å². The normalized spacial score (nSPS) is 12.7. The van der Waals surface area contributed by atoms with Crippen molar-refractivity contribution in [2.24, 2.45) is 0 Å². The SMILES string of the molecule is CCN(CC)CCCNC(=O)c1ccc(C(CC)(CC)c2ccc(OCC(C)O)c(C)c2)n1CC. The van der Waals surface area contributed by atoms with Gasteiger partial charge in [-0.2, -0.15) is 0 Å². The molecule has 0 spiro atoms. The molecule has 6 heteroatoms. The molecule has 2 aromatic rings. The van der Waals surface area contributed by atoms with Gasteiger partial charge < -0.3 is 24.6 Å². The number of aliphatic hydroxyl groups excluding tert-OH is 1. The summed E-state index contributed by atoms with van der Waals surface area (Å²) in [6, 6.07) is 10.5. The van der Waals surface area contributed by atoms with E-state index in [-0.39, 0.29) is 17.9 Å². The fourth-order valence-corrected chi connectivity index (χ4v) is 5.05. The van der Waals surface area contributed by atoms with Crippen LogP contribution < -0.4 is 10.1 Å². The van der Waals surface area contributed by atoms with Gasteiger partial charge in [-0.3, -0.25) is 4.79 Å². The number of ether oxygens (including phenoxy) is 1. The molecule has 1 aromatic carbocycles. The Morgan fingerprint density at radius 2 is 1.80 bits per heavy atom. The maximum Gasteiger partial charge on any atom is 0.267 e. The third kappa shape index (κ3) is 6.89. The highest BCUT2D eigenvalue weighted by atomic mass is 16.5. The van der Waals surface area contributed by atoms with Gasteiger partial charge in [0, 0.05) is 24.2 Å². The highest BCUT2D eigenvalue weighted by molar-refractivity contribution is 5.93. The van der Waals surface area contributed by atoms with Crippen molar-refractivity contribution in [3.63, 3.8) is 0 Å². The van der Waals surface area contributed by atoms with Gasteiger partial charge in [-0.25, -0.2) is 0 Å². The average molecular weight is 486 g/mol. The second-order valence-electron chi connectivity index (χ2n) is 9.41. The van der Waals surface area contributed by atoms with E-state index in [1.165, 1.54) is 11.3 Å². The molecule has 0 bridgehead atoms. The first kappa shape index (κ1) is 28.9. The molecule has 0 aliphatic carbocycles. The minimum absolute atomic E-state index is 0.00296. The lowest BCUT2D eigenvalue weighted by Crippen LogP contribution is -2.33. The Morgan fingerprint density at radius 1 is 1.11 bits per heavy atom. The Kier molecular flexibility index (Phi) is 11.3. The first-order valence-electron chi connectivity index (χ1n) is 13.4. The molecule has 1 atom stereocenters. The number of aliphatic hydroxyl groups is 1. The number of carbonyl (C=O) groups is 1. The van der Waals surface area contributed by atoms with Gasteiger partial charge in [-0.05, 0) is 89.0 Å². The predicted molar refractivity (Wildman–Crippen MR) is 145 cm³/mol. The smallest absolute Gasteiger partial charge is 0.267 e. The molecule has 35 heavy (non-hydrogen) atoms. The van der Waals surface area contributed by atoms with E-state index in [4.69, 9.17) is 4.74 Å². The first-order chi connectivity index (χ1) is 16.8. The summed E-state index contributed by atoms with van der Waals surface area (Å²) >= 11 is 0. The standard InChI is InChI=1S/C29H47N3O3/c1-8-29(9-2,24-14-16-26(22(6)20-24)35-21-23(7)33)27-17-15-25(32(27)12-5)28(34)30-18-13-19-31(10-3)11-4/h14-17,20,23,33H,8-13,18-19,21H2,1-7H3,(H,30,34). The molecule has 1 unspecified atom stereocenters. The second kappa shape index (κ2) is 13.7. The molecule has 0 fully saturated rings.